The van der Waals surface area contributed by atoms with Crippen LogP contribution >= 0.6 is 0 Å². The van der Waals surface area contributed by atoms with Gasteiger partial charge in [0.15, 0.2) is 0 Å². The fraction of sp³-hybridized carbons (Fsp3) is 0.667. The molecule has 0 unspecified atom stereocenters. The molecule has 0 aromatic carbocycles. The van der Waals surface area contributed by atoms with E-state index in [4.69, 9.17) is 9.26 Å². The third-order valence-corrected chi connectivity index (χ3v) is 3.33. The smallest absolute Gasteiger partial charge is 0.224 e. The van der Waals surface area contributed by atoms with Crippen LogP contribution in [0.1, 0.15) is 17.0 Å². The summed E-state index contributed by atoms with van der Waals surface area (Å²) in [6.45, 7) is 5.17. The van der Waals surface area contributed by atoms with Gasteiger partial charge in [0.1, 0.15) is 5.76 Å². The molecule has 18 heavy (non-hydrogen) atoms. The molecular formula is C12H19N3O3. The van der Waals surface area contributed by atoms with Crippen molar-refractivity contribution in [2.24, 2.45) is 0 Å². The van der Waals surface area contributed by atoms with Gasteiger partial charge in [0.2, 0.25) is 5.91 Å². The van der Waals surface area contributed by atoms with Crippen LogP contribution in [0.15, 0.2) is 4.52 Å². The predicted octanol–water partition coefficient (Wildman–Crippen LogP) is -0.0631. The van der Waals surface area contributed by atoms with Gasteiger partial charge in [0.25, 0.3) is 0 Å². The van der Waals surface area contributed by atoms with E-state index >= 15 is 0 Å². The van der Waals surface area contributed by atoms with E-state index in [1.807, 2.05) is 13.8 Å². The van der Waals surface area contributed by atoms with Crippen molar-refractivity contribution in [3.63, 3.8) is 0 Å². The van der Waals surface area contributed by atoms with Gasteiger partial charge in [-0.05, 0) is 13.8 Å². The molecule has 0 bridgehead atoms. The zero-order valence-corrected chi connectivity index (χ0v) is 10.9. The Morgan fingerprint density at radius 1 is 1.56 bits per heavy atom. The standard InChI is InChI=1S/C12H19N3O3/c1-7-9(8(2)18-15-7)4-12(16)14-10-5-13-6-11(10)17-3/h10-11,13H,4-6H2,1-3H3,(H,14,16)/t10-,11-/m0/s1. The molecule has 1 saturated heterocycles. The van der Waals surface area contributed by atoms with Gasteiger partial charge in [-0.2, -0.15) is 0 Å². The summed E-state index contributed by atoms with van der Waals surface area (Å²) >= 11 is 0. The van der Waals surface area contributed by atoms with E-state index < -0.39 is 0 Å². The number of ether oxygens (including phenoxy) is 1. The molecule has 2 N–H and O–H groups in total. The van der Waals surface area contributed by atoms with Crippen molar-refractivity contribution < 1.29 is 14.1 Å². The maximum Gasteiger partial charge on any atom is 0.224 e. The van der Waals surface area contributed by atoms with Crippen LogP contribution in [-0.2, 0) is 16.0 Å². The molecule has 1 aromatic rings. The summed E-state index contributed by atoms with van der Waals surface area (Å²) in [6.07, 6.45) is 0.340. The second-order valence-corrected chi connectivity index (χ2v) is 4.59. The van der Waals surface area contributed by atoms with Gasteiger partial charge < -0.3 is 19.9 Å². The number of hydrogen-bond acceptors (Lipinski definition) is 5. The molecule has 6 heteroatoms. The summed E-state index contributed by atoms with van der Waals surface area (Å²) in [6, 6.07) is 0.0305. The highest BCUT2D eigenvalue weighted by Gasteiger charge is 2.28. The second-order valence-electron chi connectivity index (χ2n) is 4.59. The van der Waals surface area contributed by atoms with Crippen LogP contribution in [0.5, 0.6) is 0 Å². The maximum absolute atomic E-state index is 12.0. The number of hydrogen-bond donors (Lipinski definition) is 2. The molecule has 1 amide bonds. The van der Waals surface area contributed by atoms with Crippen molar-refractivity contribution in [3.8, 4) is 0 Å². The van der Waals surface area contributed by atoms with Crippen LogP contribution in [0.4, 0.5) is 0 Å². The molecule has 1 aliphatic rings. The zero-order chi connectivity index (χ0) is 13.1. The first-order valence-electron chi connectivity index (χ1n) is 6.06. The molecule has 2 atom stereocenters. The minimum atomic E-state index is -0.0276. The highest BCUT2D eigenvalue weighted by atomic mass is 16.5. The number of amides is 1. The molecular weight excluding hydrogens is 234 g/mol. The molecule has 6 nitrogen and oxygen atoms in total. The minimum absolute atomic E-state index is 0.0276. The Hall–Kier alpha value is -1.40. The minimum Gasteiger partial charge on any atom is -0.378 e. The number of aryl methyl sites for hydroxylation is 2. The van der Waals surface area contributed by atoms with Crippen LogP contribution in [0, 0.1) is 13.8 Å². The van der Waals surface area contributed by atoms with Gasteiger partial charge in [0, 0.05) is 25.8 Å². The number of aromatic nitrogens is 1. The van der Waals surface area contributed by atoms with Crippen molar-refractivity contribution in [3.05, 3.63) is 17.0 Å². The van der Waals surface area contributed by atoms with Crippen LogP contribution < -0.4 is 10.6 Å². The van der Waals surface area contributed by atoms with Crippen LogP contribution in [-0.4, -0.2) is 43.4 Å². The van der Waals surface area contributed by atoms with Crippen LogP contribution in [0.3, 0.4) is 0 Å². The lowest BCUT2D eigenvalue weighted by atomic mass is 10.1. The van der Waals surface area contributed by atoms with Gasteiger partial charge in [-0.25, -0.2) is 0 Å². The second kappa shape index (κ2) is 5.49. The lowest BCUT2D eigenvalue weighted by Gasteiger charge is -2.18. The van der Waals surface area contributed by atoms with E-state index in [2.05, 4.69) is 15.8 Å². The highest BCUT2D eigenvalue weighted by Crippen LogP contribution is 2.13. The number of carbonyl (C=O) groups is 1. The summed E-state index contributed by atoms with van der Waals surface area (Å²) in [4.78, 5) is 12.0. The quantitative estimate of drug-likeness (QED) is 0.786. The molecule has 2 rings (SSSR count). The molecule has 1 fully saturated rings. The molecule has 1 aliphatic heterocycles. The van der Waals surface area contributed by atoms with E-state index in [1.54, 1.807) is 7.11 Å². The maximum atomic E-state index is 12.0. The third-order valence-electron chi connectivity index (χ3n) is 3.33. The molecule has 100 valence electrons. The van der Waals surface area contributed by atoms with Crippen molar-refractivity contribution in [1.29, 1.82) is 0 Å². The Morgan fingerprint density at radius 2 is 2.33 bits per heavy atom. The largest absolute Gasteiger partial charge is 0.378 e. The van der Waals surface area contributed by atoms with Crippen molar-refractivity contribution >= 4 is 5.91 Å². The highest BCUT2D eigenvalue weighted by molar-refractivity contribution is 5.79. The Morgan fingerprint density at radius 3 is 2.94 bits per heavy atom. The van der Waals surface area contributed by atoms with Gasteiger partial charge in [-0.3, -0.25) is 4.79 Å². The topological polar surface area (TPSA) is 76.4 Å². The summed E-state index contributed by atoms with van der Waals surface area (Å²) in [5, 5.41) is 10.0. The molecule has 0 saturated carbocycles. The fourth-order valence-electron chi connectivity index (χ4n) is 2.22. The van der Waals surface area contributed by atoms with Gasteiger partial charge in [-0.15, -0.1) is 0 Å². The third kappa shape index (κ3) is 2.70. The van der Waals surface area contributed by atoms with Gasteiger partial charge in [-0.1, -0.05) is 5.16 Å². The summed E-state index contributed by atoms with van der Waals surface area (Å²) in [5.41, 5.74) is 1.64. The molecule has 2 heterocycles. The zero-order valence-electron chi connectivity index (χ0n) is 10.9. The van der Waals surface area contributed by atoms with Crippen LogP contribution in [0.2, 0.25) is 0 Å². The summed E-state index contributed by atoms with van der Waals surface area (Å²) in [7, 11) is 1.66. The molecule has 1 aromatic heterocycles. The Kier molecular flexibility index (Phi) is 3.98. The SMILES string of the molecule is CO[C@H]1CNC[C@@H]1NC(=O)Cc1c(C)noc1C. The van der Waals surface area contributed by atoms with Crippen molar-refractivity contribution in [2.45, 2.75) is 32.4 Å². The first-order valence-corrected chi connectivity index (χ1v) is 6.06. The average Bonchev–Trinajstić information content (AvgIpc) is 2.90. The monoisotopic (exact) mass is 253 g/mol. The van der Waals surface area contributed by atoms with E-state index in [1.165, 1.54) is 0 Å². The Labute approximate surface area is 106 Å². The lowest BCUT2D eigenvalue weighted by molar-refractivity contribution is -0.121. The first kappa shape index (κ1) is 13.0. The average molecular weight is 253 g/mol. The van der Waals surface area contributed by atoms with Gasteiger partial charge >= 0.3 is 0 Å². The first-order chi connectivity index (χ1) is 8.61. The Bertz CT molecular complexity index is 411. The molecule has 0 aliphatic carbocycles. The summed E-state index contributed by atoms with van der Waals surface area (Å²) in [5.74, 6) is 0.677. The number of nitrogens with one attached hydrogen (secondary N) is 2. The predicted molar refractivity (Wildman–Crippen MR) is 65.3 cm³/mol. The Balaban J connectivity index is 1.93. The van der Waals surface area contributed by atoms with E-state index in [-0.39, 0.29) is 18.1 Å². The van der Waals surface area contributed by atoms with Crippen molar-refractivity contribution in [1.82, 2.24) is 15.8 Å². The number of nitrogens with zero attached hydrogens (tertiary/aromatic N) is 1. The van der Waals surface area contributed by atoms with Gasteiger partial charge in [0.05, 0.1) is 24.3 Å². The number of rotatable bonds is 4. The van der Waals surface area contributed by atoms with Crippen molar-refractivity contribution in [2.75, 3.05) is 20.2 Å². The summed E-state index contributed by atoms with van der Waals surface area (Å²) < 4.78 is 10.3. The van der Waals surface area contributed by atoms with E-state index in [0.29, 0.717) is 12.2 Å². The molecule has 0 radical (unpaired) electrons. The van der Waals surface area contributed by atoms with E-state index in [9.17, 15) is 4.79 Å². The lowest BCUT2D eigenvalue weighted by Crippen LogP contribution is -2.44. The van der Waals surface area contributed by atoms with E-state index in [0.717, 1.165) is 24.3 Å². The normalized spacial score (nSPS) is 23.3. The fourth-order valence-corrected chi connectivity index (χ4v) is 2.22. The number of methoxy groups -OCH3 is 1. The molecule has 0 spiro atoms. The number of carbonyl (C=O) groups excluding carboxylic acids is 1. The van der Waals surface area contributed by atoms with Crippen LogP contribution in [0.25, 0.3) is 0 Å².